The van der Waals surface area contributed by atoms with Crippen LogP contribution in [0.25, 0.3) is 0 Å². The molecule has 0 fully saturated rings. The average Bonchev–Trinajstić information content (AvgIpc) is 2.28. The number of rotatable bonds is 3. The standard InChI is InChI=1S/C10H7BrN2O4/c1-2-17-10(14)7-4-9(13(15)16)8(11)3-6(7)5-12/h3-4H,2H2,1H3. The van der Waals surface area contributed by atoms with Crippen molar-refractivity contribution < 1.29 is 14.5 Å². The summed E-state index contributed by atoms with van der Waals surface area (Å²) in [5.74, 6) is -0.750. The van der Waals surface area contributed by atoms with Gasteiger partial charge in [0.05, 0.1) is 27.1 Å². The molecule has 0 aliphatic heterocycles. The van der Waals surface area contributed by atoms with Crippen LogP contribution in [-0.2, 0) is 4.74 Å². The second-order valence-corrected chi connectivity index (χ2v) is 3.79. The maximum absolute atomic E-state index is 11.5. The zero-order chi connectivity index (χ0) is 13.0. The number of hydrogen-bond donors (Lipinski definition) is 0. The van der Waals surface area contributed by atoms with E-state index in [-0.39, 0.29) is 27.9 Å². The minimum absolute atomic E-state index is 0.0286. The van der Waals surface area contributed by atoms with Crippen LogP contribution in [0.3, 0.4) is 0 Å². The second-order valence-electron chi connectivity index (χ2n) is 2.94. The highest BCUT2D eigenvalue weighted by atomic mass is 79.9. The zero-order valence-corrected chi connectivity index (χ0v) is 10.4. The lowest BCUT2D eigenvalue weighted by molar-refractivity contribution is -0.385. The van der Waals surface area contributed by atoms with Crippen molar-refractivity contribution >= 4 is 27.6 Å². The van der Waals surface area contributed by atoms with Crippen LogP contribution >= 0.6 is 15.9 Å². The van der Waals surface area contributed by atoms with Gasteiger partial charge in [0.15, 0.2) is 0 Å². The number of nitro groups is 1. The first kappa shape index (κ1) is 13.1. The van der Waals surface area contributed by atoms with Gasteiger partial charge in [0, 0.05) is 6.07 Å². The molecule has 0 aliphatic rings. The van der Waals surface area contributed by atoms with Gasteiger partial charge in [-0.1, -0.05) is 0 Å². The smallest absolute Gasteiger partial charge is 0.339 e. The van der Waals surface area contributed by atoms with E-state index >= 15 is 0 Å². The average molecular weight is 299 g/mol. The van der Waals surface area contributed by atoms with Crippen LogP contribution in [0.5, 0.6) is 0 Å². The Kier molecular flexibility index (Phi) is 4.17. The van der Waals surface area contributed by atoms with E-state index in [1.807, 2.05) is 0 Å². The van der Waals surface area contributed by atoms with Crippen molar-refractivity contribution in [1.29, 1.82) is 5.26 Å². The first-order valence-electron chi connectivity index (χ1n) is 4.56. The number of carbonyl (C=O) groups excluding carboxylic acids is 1. The Balaban J connectivity index is 3.37. The molecule has 0 spiro atoms. The summed E-state index contributed by atoms with van der Waals surface area (Å²) in [6.45, 7) is 1.74. The monoisotopic (exact) mass is 298 g/mol. The maximum Gasteiger partial charge on any atom is 0.339 e. The molecule has 0 amide bonds. The van der Waals surface area contributed by atoms with E-state index in [1.165, 1.54) is 6.07 Å². The van der Waals surface area contributed by atoms with Gasteiger partial charge in [-0.05, 0) is 28.9 Å². The first-order valence-corrected chi connectivity index (χ1v) is 5.35. The maximum atomic E-state index is 11.5. The summed E-state index contributed by atoms with van der Waals surface area (Å²) in [5, 5.41) is 19.5. The minimum atomic E-state index is -0.750. The van der Waals surface area contributed by atoms with E-state index in [0.29, 0.717) is 0 Å². The molecule has 0 heterocycles. The summed E-state index contributed by atoms with van der Waals surface area (Å²) < 4.78 is 4.86. The predicted molar refractivity (Wildman–Crippen MR) is 61.5 cm³/mol. The van der Waals surface area contributed by atoms with Gasteiger partial charge in [0.25, 0.3) is 5.69 Å². The Morgan fingerprint density at radius 3 is 2.76 bits per heavy atom. The molecular formula is C10H7BrN2O4. The number of nitro benzene ring substituents is 1. The molecule has 0 atom stereocenters. The lowest BCUT2D eigenvalue weighted by Crippen LogP contribution is -2.08. The number of esters is 1. The third-order valence-corrected chi connectivity index (χ3v) is 2.53. The van der Waals surface area contributed by atoms with Crippen LogP contribution in [0.2, 0.25) is 0 Å². The van der Waals surface area contributed by atoms with Gasteiger partial charge in [0.1, 0.15) is 6.07 Å². The molecule has 1 rings (SSSR count). The minimum Gasteiger partial charge on any atom is -0.462 e. The topological polar surface area (TPSA) is 93.2 Å². The Labute approximate surface area is 105 Å². The highest BCUT2D eigenvalue weighted by Gasteiger charge is 2.21. The molecule has 0 N–H and O–H groups in total. The van der Waals surface area contributed by atoms with E-state index < -0.39 is 10.9 Å². The highest BCUT2D eigenvalue weighted by Crippen LogP contribution is 2.28. The zero-order valence-electron chi connectivity index (χ0n) is 8.77. The first-order chi connectivity index (χ1) is 8.01. The number of carbonyl (C=O) groups is 1. The van der Waals surface area contributed by atoms with Crippen LogP contribution in [0.15, 0.2) is 16.6 Å². The largest absolute Gasteiger partial charge is 0.462 e. The SMILES string of the molecule is CCOC(=O)c1cc([N+](=O)[O-])c(Br)cc1C#N. The van der Waals surface area contributed by atoms with Gasteiger partial charge in [-0.3, -0.25) is 10.1 Å². The second kappa shape index (κ2) is 5.41. The van der Waals surface area contributed by atoms with Gasteiger partial charge in [-0.25, -0.2) is 4.79 Å². The summed E-state index contributed by atoms with van der Waals surface area (Å²) in [6, 6.07) is 4.04. The number of halogens is 1. The molecule has 88 valence electrons. The number of nitriles is 1. The Morgan fingerprint density at radius 1 is 1.65 bits per heavy atom. The number of hydrogen-bond acceptors (Lipinski definition) is 5. The molecule has 1 aromatic rings. The van der Waals surface area contributed by atoms with Gasteiger partial charge in [-0.2, -0.15) is 5.26 Å². The molecule has 6 nitrogen and oxygen atoms in total. The summed E-state index contributed by atoms with van der Waals surface area (Å²) in [5.41, 5.74) is -0.364. The lowest BCUT2D eigenvalue weighted by atomic mass is 10.1. The molecular weight excluding hydrogens is 292 g/mol. The third kappa shape index (κ3) is 2.79. The summed E-state index contributed by atoms with van der Waals surface area (Å²) >= 11 is 2.97. The lowest BCUT2D eigenvalue weighted by Gasteiger charge is -2.04. The molecule has 7 heteroatoms. The van der Waals surface area contributed by atoms with Gasteiger partial charge in [0.2, 0.25) is 0 Å². The number of nitrogens with zero attached hydrogens (tertiary/aromatic N) is 2. The number of benzene rings is 1. The van der Waals surface area contributed by atoms with Crippen molar-refractivity contribution in [1.82, 2.24) is 0 Å². The van der Waals surface area contributed by atoms with E-state index in [1.54, 1.807) is 13.0 Å². The summed E-state index contributed by atoms with van der Waals surface area (Å²) in [4.78, 5) is 21.5. The van der Waals surface area contributed by atoms with Crippen molar-refractivity contribution in [2.45, 2.75) is 6.92 Å². The van der Waals surface area contributed by atoms with Crippen molar-refractivity contribution in [3.63, 3.8) is 0 Å². The molecule has 1 aromatic carbocycles. The predicted octanol–water partition coefficient (Wildman–Crippen LogP) is 2.41. The van der Waals surface area contributed by atoms with Gasteiger partial charge >= 0.3 is 5.97 Å². The van der Waals surface area contributed by atoms with Crippen LogP contribution in [0, 0.1) is 21.4 Å². The van der Waals surface area contributed by atoms with Crippen molar-refractivity contribution in [2.75, 3.05) is 6.61 Å². The summed E-state index contributed by atoms with van der Waals surface area (Å²) in [7, 11) is 0. The Morgan fingerprint density at radius 2 is 2.29 bits per heavy atom. The molecule has 17 heavy (non-hydrogen) atoms. The van der Waals surface area contributed by atoms with Gasteiger partial charge < -0.3 is 4.74 Å². The van der Waals surface area contributed by atoms with Crippen LogP contribution in [0.1, 0.15) is 22.8 Å². The molecule has 0 aliphatic carbocycles. The quantitative estimate of drug-likeness (QED) is 0.485. The molecule has 0 saturated heterocycles. The van der Waals surface area contributed by atoms with E-state index in [4.69, 9.17) is 10.00 Å². The van der Waals surface area contributed by atoms with Crippen LogP contribution < -0.4 is 0 Å². The van der Waals surface area contributed by atoms with Crippen LogP contribution in [0.4, 0.5) is 5.69 Å². The van der Waals surface area contributed by atoms with Crippen molar-refractivity contribution in [2.24, 2.45) is 0 Å². The van der Waals surface area contributed by atoms with Gasteiger partial charge in [-0.15, -0.1) is 0 Å². The molecule has 0 saturated carbocycles. The Hall–Kier alpha value is -1.94. The Bertz CT molecular complexity index is 522. The fraction of sp³-hybridized carbons (Fsp3) is 0.200. The molecule has 0 radical (unpaired) electrons. The van der Waals surface area contributed by atoms with Crippen molar-refractivity contribution in [3.8, 4) is 6.07 Å². The van der Waals surface area contributed by atoms with Crippen LogP contribution in [-0.4, -0.2) is 17.5 Å². The summed E-state index contributed by atoms with van der Waals surface area (Å²) in [6.07, 6.45) is 0. The number of ether oxygens (including phenoxy) is 1. The van der Waals surface area contributed by atoms with E-state index in [9.17, 15) is 14.9 Å². The molecule has 0 aromatic heterocycles. The fourth-order valence-corrected chi connectivity index (χ4v) is 1.66. The van der Waals surface area contributed by atoms with E-state index in [2.05, 4.69) is 15.9 Å². The molecule has 0 bridgehead atoms. The fourth-order valence-electron chi connectivity index (χ4n) is 1.17. The molecule has 0 unspecified atom stereocenters. The van der Waals surface area contributed by atoms with E-state index in [0.717, 1.165) is 6.07 Å². The van der Waals surface area contributed by atoms with Crippen molar-refractivity contribution in [3.05, 3.63) is 37.8 Å². The third-order valence-electron chi connectivity index (χ3n) is 1.90. The highest BCUT2D eigenvalue weighted by molar-refractivity contribution is 9.10. The normalized spacial score (nSPS) is 9.47.